The largest absolute Gasteiger partial charge is 0.340 e. The van der Waals surface area contributed by atoms with Crippen LogP contribution in [-0.4, -0.2) is 48.1 Å². The van der Waals surface area contributed by atoms with E-state index in [0.29, 0.717) is 50.3 Å². The molecule has 1 spiro atoms. The summed E-state index contributed by atoms with van der Waals surface area (Å²) < 4.78 is 1.51. The molecular weight excluding hydrogens is 444 g/mol. The SMILES string of the molecule is C#CCN1C(=O)[C@@]2(CC(=O)Nc3c2c(C)nn3-c2ncnc3nc[nH]c23)c2cc(Cl)ccc21. The zero-order valence-corrected chi connectivity index (χ0v) is 18.0. The van der Waals surface area contributed by atoms with Gasteiger partial charge in [0.1, 0.15) is 23.1 Å². The maximum atomic E-state index is 13.9. The Labute approximate surface area is 192 Å². The van der Waals surface area contributed by atoms with Crippen LogP contribution in [0, 0.1) is 19.3 Å². The van der Waals surface area contributed by atoms with Crippen molar-refractivity contribution in [3.63, 3.8) is 0 Å². The Kier molecular flexibility index (Phi) is 3.91. The molecule has 4 aromatic rings. The topological polar surface area (TPSA) is 122 Å². The lowest BCUT2D eigenvalue weighted by atomic mass is 9.70. The Balaban J connectivity index is 1.67. The molecule has 0 fully saturated rings. The molecule has 2 aliphatic heterocycles. The number of halogens is 1. The van der Waals surface area contributed by atoms with Crippen LogP contribution in [0.25, 0.3) is 17.0 Å². The van der Waals surface area contributed by atoms with E-state index in [4.69, 9.17) is 18.0 Å². The van der Waals surface area contributed by atoms with Crippen molar-refractivity contribution >= 4 is 46.1 Å². The number of rotatable bonds is 2. The molecule has 2 aliphatic rings. The molecule has 162 valence electrons. The molecule has 11 heteroatoms. The Hall–Kier alpha value is -4.23. The van der Waals surface area contributed by atoms with Gasteiger partial charge in [-0.3, -0.25) is 14.5 Å². The van der Waals surface area contributed by atoms with Gasteiger partial charge >= 0.3 is 0 Å². The second kappa shape index (κ2) is 6.63. The number of anilines is 2. The summed E-state index contributed by atoms with van der Waals surface area (Å²) in [6.07, 6.45) is 8.34. The van der Waals surface area contributed by atoms with E-state index in [9.17, 15) is 9.59 Å². The lowest BCUT2D eigenvalue weighted by molar-refractivity contribution is -0.126. The van der Waals surface area contributed by atoms with Crippen LogP contribution in [0.15, 0.2) is 30.9 Å². The number of amides is 2. The van der Waals surface area contributed by atoms with E-state index < -0.39 is 5.41 Å². The van der Waals surface area contributed by atoms with Gasteiger partial charge in [0, 0.05) is 22.7 Å². The quantitative estimate of drug-likeness (QED) is 0.444. The third-order valence-electron chi connectivity index (χ3n) is 6.14. The van der Waals surface area contributed by atoms with Gasteiger partial charge in [-0.2, -0.15) is 9.78 Å². The molecule has 33 heavy (non-hydrogen) atoms. The molecular formula is C22H15ClN8O2. The van der Waals surface area contributed by atoms with Crippen LogP contribution < -0.4 is 10.2 Å². The number of hydrogen-bond donors (Lipinski definition) is 2. The summed E-state index contributed by atoms with van der Waals surface area (Å²) in [7, 11) is 0. The van der Waals surface area contributed by atoms with E-state index in [-0.39, 0.29) is 24.8 Å². The van der Waals surface area contributed by atoms with Crippen molar-refractivity contribution in [2.24, 2.45) is 0 Å². The second-order valence-electron chi connectivity index (χ2n) is 7.91. The van der Waals surface area contributed by atoms with Gasteiger partial charge in [-0.25, -0.2) is 15.0 Å². The van der Waals surface area contributed by atoms with Crippen LogP contribution in [0.1, 0.15) is 23.2 Å². The number of imidazole rings is 1. The summed E-state index contributed by atoms with van der Waals surface area (Å²) in [5.41, 5.74) is 2.10. The number of nitrogens with zero attached hydrogens (tertiary/aromatic N) is 6. The fourth-order valence-corrected chi connectivity index (χ4v) is 5.10. The summed E-state index contributed by atoms with van der Waals surface area (Å²) in [4.78, 5) is 44.2. The number of aromatic nitrogens is 6. The molecule has 0 bridgehead atoms. The molecule has 0 unspecified atom stereocenters. The number of terminal acetylenes is 1. The minimum atomic E-state index is -1.31. The first-order valence-corrected chi connectivity index (χ1v) is 10.4. The lowest BCUT2D eigenvalue weighted by Gasteiger charge is -2.33. The Morgan fingerprint density at radius 3 is 2.94 bits per heavy atom. The zero-order valence-electron chi connectivity index (χ0n) is 17.3. The Morgan fingerprint density at radius 2 is 2.12 bits per heavy atom. The van der Waals surface area contributed by atoms with Gasteiger partial charge in [-0.05, 0) is 30.7 Å². The number of hydrogen-bond acceptors (Lipinski definition) is 6. The Bertz CT molecular complexity index is 1550. The van der Waals surface area contributed by atoms with Gasteiger partial charge in [0.2, 0.25) is 11.8 Å². The Morgan fingerprint density at radius 1 is 1.27 bits per heavy atom. The summed E-state index contributed by atoms with van der Waals surface area (Å²) in [5, 5.41) is 8.01. The molecule has 5 heterocycles. The van der Waals surface area contributed by atoms with Crippen molar-refractivity contribution in [2.45, 2.75) is 18.8 Å². The van der Waals surface area contributed by atoms with E-state index in [1.165, 1.54) is 22.2 Å². The highest BCUT2D eigenvalue weighted by Gasteiger charge is 2.58. The first-order chi connectivity index (χ1) is 16.0. The molecule has 6 rings (SSSR count). The van der Waals surface area contributed by atoms with Crippen molar-refractivity contribution in [1.82, 2.24) is 29.7 Å². The van der Waals surface area contributed by atoms with E-state index in [1.807, 2.05) is 0 Å². The fraction of sp³-hybridized carbons (Fsp3) is 0.182. The molecule has 0 saturated heterocycles. The van der Waals surface area contributed by atoms with Crippen molar-refractivity contribution in [3.05, 3.63) is 52.7 Å². The molecule has 0 aliphatic carbocycles. The average molecular weight is 459 g/mol. The predicted octanol–water partition coefficient (Wildman–Crippen LogP) is 2.11. The van der Waals surface area contributed by atoms with Crippen LogP contribution >= 0.6 is 11.6 Å². The van der Waals surface area contributed by atoms with Gasteiger partial charge in [-0.1, -0.05) is 17.5 Å². The van der Waals surface area contributed by atoms with Gasteiger partial charge in [0.15, 0.2) is 11.5 Å². The van der Waals surface area contributed by atoms with E-state index in [2.05, 4.69) is 36.3 Å². The highest BCUT2D eigenvalue weighted by Crippen LogP contribution is 2.54. The highest BCUT2D eigenvalue weighted by molar-refractivity contribution is 6.31. The molecule has 1 aromatic carbocycles. The molecule has 3 aromatic heterocycles. The predicted molar refractivity (Wildman–Crippen MR) is 120 cm³/mol. The fourth-order valence-electron chi connectivity index (χ4n) is 4.93. The lowest BCUT2D eigenvalue weighted by Crippen LogP contribution is -2.47. The highest BCUT2D eigenvalue weighted by atomic mass is 35.5. The minimum Gasteiger partial charge on any atom is -0.340 e. The van der Waals surface area contributed by atoms with Crippen molar-refractivity contribution in [1.29, 1.82) is 0 Å². The number of carbonyl (C=O) groups excluding carboxylic acids is 2. The normalized spacial score (nSPS) is 19.0. The maximum Gasteiger partial charge on any atom is 0.243 e. The number of aryl methyl sites for hydroxylation is 1. The smallest absolute Gasteiger partial charge is 0.243 e. The van der Waals surface area contributed by atoms with E-state index in [0.717, 1.165) is 0 Å². The average Bonchev–Trinajstić information content (AvgIpc) is 3.46. The molecule has 1 atom stereocenters. The van der Waals surface area contributed by atoms with Crippen LogP contribution in [-0.2, 0) is 15.0 Å². The minimum absolute atomic E-state index is 0.0695. The van der Waals surface area contributed by atoms with E-state index >= 15 is 0 Å². The van der Waals surface area contributed by atoms with Crippen LogP contribution in [0.5, 0.6) is 0 Å². The number of nitrogens with one attached hydrogen (secondary N) is 2. The van der Waals surface area contributed by atoms with Gasteiger partial charge in [0.05, 0.1) is 18.6 Å². The third-order valence-corrected chi connectivity index (χ3v) is 6.38. The van der Waals surface area contributed by atoms with Crippen molar-refractivity contribution < 1.29 is 9.59 Å². The first-order valence-electron chi connectivity index (χ1n) is 10.1. The molecule has 2 amide bonds. The summed E-state index contributed by atoms with van der Waals surface area (Å²) in [5.74, 6) is 2.68. The zero-order chi connectivity index (χ0) is 22.9. The molecule has 0 radical (unpaired) electrons. The summed E-state index contributed by atoms with van der Waals surface area (Å²) >= 11 is 6.34. The summed E-state index contributed by atoms with van der Waals surface area (Å²) in [6.45, 7) is 1.86. The van der Waals surface area contributed by atoms with Crippen molar-refractivity contribution in [3.8, 4) is 18.2 Å². The number of H-pyrrole nitrogens is 1. The number of benzene rings is 1. The molecule has 0 saturated carbocycles. The molecule has 2 N–H and O–H groups in total. The second-order valence-corrected chi connectivity index (χ2v) is 8.34. The van der Waals surface area contributed by atoms with Gasteiger partial charge in [-0.15, -0.1) is 6.42 Å². The van der Waals surface area contributed by atoms with Crippen LogP contribution in [0.4, 0.5) is 11.5 Å². The number of aromatic amines is 1. The molecule has 10 nitrogen and oxygen atoms in total. The first kappa shape index (κ1) is 19.5. The van der Waals surface area contributed by atoms with Gasteiger partial charge in [0.25, 0.3) is 0 Å². The van der Waals surface area contributed by atoms with E-state index in [1.54, 1.807) is 25.1 Å². The van der Waals surface area contributed by atoms with Gasteiger partial charge < -0.3 is 10.3 Å². The summed E-state index contributed by atoms with van der Waals surface area (Å²) in [6, 6.07) is 5.18. The standard InChI is InChI=1S/C22H15ClN8O2/c1-3-6-30-14-5-4-12(23)7-13(14)22(21(30)33)8-15(32)28-19-16(22)11(2)29-31(19)20-17-18(25-9-24-17)26-10-27-20/h1,4-5,7,9-10H,6,8H2,2H3,(H,28,32)(H,24,25,26,27)/t22-/m0/s1. The maximum absolute atomic E-state index is 13.9. The number of fused-ring (bicyclic) bond motifs is 5. The van der Waals surface area contributed by atoms with Crippen molar-refractivity contribution in [2.75, 3.05) is 16.8 Å². The monoisotopic (exact) mass is 458 g/mol. The van der Waals surface area contributed by atoms with Crippen LogP contribution in [0.3, 0.4) is 0 Å². The number of carbonyl (C=O) groups is 2. The third kappa shape index (κ3) is 2.45. The van der Waals surface area contributed by atoms with Crippen LogP contribution in [0.2, 0.25) is 5.02 Å².